The van der Waals surface area contributed by atoms with Crippen LogP contribution in [0, 0.1) is 10.8 Å². The maximum Gasteiger partial charge on any atom is 0.306 e. The molecule has 1 amide bonds. The number of hydrogen-bond donors (Lipinski definition) is 1. The Morgan fingerprint density at radius 3 is 2.41 bits per heavy atom. The average Bonchev–Trinajstić information content (AvgIpc) is 3.97. The first kappa shape index (κ1) is 37.5. The Hall–Kier alpha value is -4.86. The van der Waals surface area contributed by atoms with Crippen LogP contribution in [0.1, 0.15) is 102 Å². The summed E-state index contributed by atoms with van der Waals surface area (Å²) < 4.78 is 64.9. The summed E-state index contributed by atoms with van der Waals surface area (Å²) in [4.78, 5) is 37.9. The van der Waals surface area contributed by atoms with E-state index in [1.54, 1.807) is 12.1 Å². The number of esters is 1. The van der Waals surface area contributed by atoms with E-state index in [-0.39, 0.29) is 41.5 Å². The molecule has 0 unspecified atom stereocenters. The molecule has 54 heavy (non-hydrogen) atoms. The van der Waals surface area contributed by atoms with Crippen LogP contribution in [0.3, 0.4) is 0 Å². The number of benzene rings is 2. The lowest BCUT2D eigenvalue weighted by atomic mass is 9.75. The summed E-state index contributed by atoms with van der Waals surface area (Å²) in [5.74, 6) is -5.39. The van der Waals surface area contributed by atoms with E-state index >= 15 is 4.79 Å². The normalized spacial score (nSPS) is 20.4. The van der Waals surface area contributed by atoms with Crippen molar-refractivity contribution in [3.8, 4) is 16.9 Å². The summed E-state index contributed by atoms with van der Waals surface area (Å²) in [6, 6.07) is 10.8. The fourth-order valence-electron chi connectivity index (χ4n) is 7.14. The number of carbonyl (C=O) groups excluding carboxylic acids is 2. The molecule has 2 aromatic heterocycles. The number of carbonyl (C=O) groups is 2. The van der Waals surface area contributed by atoms with Crippen LogP contribution in [-0.2, 0) is 19.9 Å². The van der Waals surface area contributed by atoms with Gasteiger partial charge < -0.3 is 10.5 Å². The maximum absolute atomic E-state index is 15.0. The third-order valence-corrected chi connectivity index (χ3v) is 10.7. The van der Waals surface area contributed by atoms with Crippen molar-refractivity contribution in [2.45, 2.75) is 96.2 Å². The van der Waals surface area contributed by atoms with E-state index in [0.29, 0.717) is 17.3 Å². The number of aromatic nitrogens is 6. The van der Waals surface area contributed by atoms with Crippen LogP contribution < -0.4 is 5.73 Å². The van der Waals surface area contributed by atoms with E-state index in [1.165, 1.54) is 23.1 Å². The Morgan fingerprint density at radius 1 is 1.09 bits per heavy atom. The standard InChI is InChI=1S/C37H40ClF4N9O3/c1-34(2,3)19-37(23-8-5-21(6-9-23)26-17-49(48-47-26)24-10-11-24)32(53)50(33(43)46-37)28(18-54-29(52)16-36(13-14-36)35(4,41)42)22-7-12-25(38)27(15-22)51-31(30(39)40)44-20-45-51/h5-9,12,15,17,20,24,28,30H,10-11,13-14,16,18-19H2,1-4H3,(H2,43,46)/t28-,37-/m1/s1. The minimum atomic E-state index is -3.10. The molecular formula is C37H40ClF4N9O3. The Morgan fingerprint density at radius 2 is 1.80 bits per heavy atom. The molecular weight excluding hydrogens is 730 g/mol. The number of amides is 1. The van der Waals surface area contributed by atoms with Crippen molar-refractivity contribution in [3.63, 3.8) is 0 Å². The number of nitrogens with two attached hydrogens (primary N) is 1. The highest BCUT2D eigenvalue weighted by Gasteiger charge is 2.60. The molecule has 3 aliphatic rings. The van der Waals surface area contributed by atoms with Gasteiger partial charge in [-0.1, -0.05) is 67.9 Å². The summed E-state index contributed by atoms with van der Waals surface area (Å²) in [5, 5.41) is 12.5. The average molecular weight is 770 g/mol. The van der Waals surface area contributed by atoms with E-state index in [1.807, 2.05) is 43.8 Å². The van der Waals surface area contributed by atoms with Crippen molar-refractivity contribution in [2.24, 2.45) is 21.6 Å². The molecule has 7 rings (SSSR count). The van der Waals surface area contributed by atoms with Gasteiger partial charge >= 0.3 is 5.97 Å². The third-order valence-electron chi connectivity index (χ3n) is 10.3. The van der Waals surface area contributed by atoms with E-state index in [2.05, 4.69) is 20.4 Å². The summed E-state index contributed by atoms with van der Waals surface area (Å²) in [7, 11) is 0. The van der Waals surface area contributed by atoms with Crippen LogP contribution in [0.15, 0.2) is 60.0 Å². The van der Waals surface area contributed by atoms with Gasteiger partial charge in [0.05, 0.1) is 35.4 Å². The number of alkyl halides is 4. The number of ether oxygens (including phenoxy) is 1. The van der Waals surface area contributed by atoms with Crippen molar-refractivity contribution in [1.82, 2.24) is 34.7 Å². The molecule has 0 spiro atoms. The Kier molecular flexibility index (Phi) is 9.34. The molecule has 2 saturated carbocycles. The number of aliphatic imine (C=N–C) groups is 1. The first-order chi connectivity index (χ1) is 25.4. The van der Waals surface area contributed by atoms with Crippen LogP contribution in [0.5, 0.6) is 0 Å². The van der Waals surface area contributed by atoms with Gasteiger partial charge in [-0.2, -0.15) is 5.10 Å². The number of rotatable bonds is 13. The Bertz CT molecular complexity index is 2100. The zero-order valence-electron chi connectivity index (χ0n) is 30.1. The van der Waals surface area contributed by atoms with Crippen molar-refractivity contribution in [2.75, 3.05) is 6.61 Å². The second-order valence-electron chi connectivity index (χ2n) is 15.7. The number of halogens is 5. The predicted octanol–water partition coefficient (Wildman–Crippen LogP) is 7.35. The summed E-state index contributed by atoms with van der Waals surface area (Å²) in [5.41, 5.74) is 5.45. The molecule has 2 fully saturated rings. The van der Waals surface area contributed by atoms with Gasteiger partial charge in [-0.25, -0.2) is 36.9 Å². The van der Waals surface area contributed by atoms with E-state index in [4.69, 9.17) is 27.1 Å². The molecule has 12 nitrogen and oxygen atoms in total. The fourth-order valence-corrected chi connectivity index (χ4v) is 7.34. The van der Waals surface area contributed by atoms with Crippen molar-refractivity contribution < 1.29 is 31.9 Å². The summed E-state index contributed by atoms with van der Waals surface area (Å²) in [6.45, 7) is 6.14. The zero-order chi connectivity index (χ0) is 38.8. The molecule has 2 atom stereocenters. The van der Waals surface area contributed by atoms with Gasteiger partial charge in [0.25, 0.3) is 18.3 Å². The van der Waals surface area contributed by atoms with Gasteiger partial charge in [0.15, 0.2) is 17.3 Å². The molecule has 2 aromatic carbocycles. The summed E-state index contributed by atoms with van der Waals surface area (Å²) >= 11 is 6.48. The monoisotopic (exact) mass is 769 g/mol. The lowest BCUT2D eigenvalue weighted by Gasteiger charge is -2.35. The highest BCUT2D eigenvalue weighted by Crippen LogP contribution is 2.59. The van der Waals surface area contributed by atoms with Crippen LogP contribution in [-0.4, -0.2) is 65.0 Å². The molecule has 0 saturated heterocycles. The SMILES string of the molecule is CC(C)(C)C[C@]1(c2ccc(-c3cn(C4CC4)nn3)cc2)N=C(N)N([C@H](COC(=O)CC2(C(C)(F)F)CC2)c2ccc(Cl)c(-n3ncnc3C(F)F)c2)C1=O. The highest BCUT2D eigenvalue weighted by molar-refractivity contribution is 6.32. The van der Waals surface area contributed by atoms with Crippen molar-refractivity contribution >= 4 is 29.4 Å². The zero-order valence-corrected chi connectivity index (χ0v) is 30.9. The highest BCUT2D eigenvalue weighted by atomic mass is 35.5. The molecule has 0 bridgehead atoms. The van der Waals surface area contributed by atoms with Crippen LogP contribution >= 0.6 is 11.6 Å². The van der Waals surface area contributed by atoms with Crippen LogP contribution in [0.25, 0.3) is 16.9 Å². The lowest BCUT2D eigenvalue weighted by molar-refractivity contribution is -0.153. The van der Waals surface area contributed by atoms with Gasteiger partial charge in [-0.05, 0) is 67.7 Å². The largest absolute Gasteiger partial charge is 0.463 e. The summed E-state index contributed by atoms with van der Waals surface area (Å²) in [6.07, 6.45) is 1.98. The van der Waals surface area contributed by atoms with Crippen LogP contribution in [0.2, 0.25) is 5.02 Å². The van der Waals surface area contributed by atoms with Gasteiger partial charge in [0.2, 0.25) is 0 Å². The van der Waals surface area contributed by atoms with Gasteiger partial charge in [-0.15, -0.1) is 5.10 Å². The fraction of sp³-hybridized carbons (Fsp3) is 0.486. The van der Waals surface area contributed by atoms with Gasteiger partial charge in [0, 0.05) is 11.0 Å². The Labute approximate surface area is 313 Å². The minimum absolute atomic E-state index is 0.0122. The van der Waals surface area contributed by atoms with Gasteiger partial charge in [0.1, 0.15) is 18.6 Å². The van der Waals surface area contributed by atoms with Crippen molar-refractivity contribution in [3.05, 3.63) is 77.0 Å². The van der Waals surface area contributed by atoms with E-state index < -0.39 is 65.5 Å². The quantitative estimate of drug-likeness (QED) is 0.110. The molecule has 0 radical (unpaired) electrons. The number of nitrogens with zero attached hydrogens (tertiary/aromatic N) is 8. The van der Waals surface area contributed by atoms with E-state index in [0.717, 1.165) is 36.3 Å². The predicted molar refractivity (Wildman–Crippen MR) is 190 cm³/mol. The second kappa shape index (κ2) is 13.5. The van der Waals surface area contributed by atoms with Gasteiger partial charge in [-0.3, -0.25) is 14.5 Å². The molecule has 1 aliphatic heterocycles. The molecule has 17 heteroatoms. The molecule has 2 N–H and O–H groups in total. The third kappa shape index (κ3) is 7.07. The second-order valence-corrected chi connectivity index (χ2v) is 16.1. The molecule has 2 aliphatic carbocycles. The first-order valence-electron chi connectivity index (χ1n) is 17.6. The van der Waals surface area contributed by atoms with E-state index in [9.17, 15) is 22.4 Å². The maximum atomic E-state index is 15.0. The molecule has 3 heterocycles. The smallest absolute Gasteiger partial charge is 0.306 e. The Balaban J connectivity index is 1.26. The van der Waals surface area contributed by atoms with Crippen LogP contribution in [0.4, 0.5) is 17.6 Å². The molecule has 286 valence electrons. The number of guanidine groups is 1. The molecule has 4 aromatic rings. The first-order valence-corrected chi connectivity index (χ1v) is 18.0. The number of hydrogen-bond acceptors (Lipinski definition) is 9. The minimum Gasteiger partial charge on any atom is -0.463 e. The topological polar surface area (TPSA) is 146 Å². The lowest BCUT2D eigenvalue weighted by Crippen LogP contribution is -2.47. The van der Waals surface area contributed by atoms with Crippen molar-refractivity contribution in [1.29, 1.82) is 0 Å².